The highest BCUT2D eigenvalue weighted by atomic mass is 16.1. The van der Waals surface area contributed by atoms with Crippen LogP contribution in [0.5, 0.6) is 0 Å². The van der Waals surface area contributed by atoms with Crippen molar-refractivity contribution < 1.29 is 4.79 Å². The minimum atomic E-state index is 0.227. The number of piperidine rings is 1. The van der Waals surface area contributed by atoms with Crippen LogP contribution in [0.3, 0.4) is 0 Å². The van der Waals surface area contributed by atoms with E-state index in [4.69, 9.17) is 0 Å². The maximum atomic E-state index is 11.2. The lowest BCUT2D eigenvalue weighted by Gasteiger charge is -2.40. The number of rotatable bonds is 0. The van der Waals surface area contributed by atoms with Gasteiger partial charge in [0, 0.05) is 25.4 Å². The van der Waals surface area contributed by atoms with Gasteiger partial charge in [-0.1, -0.05) is 20.8 Å². The Balaban J connectivity index is 2.67. The second kappa shape index (κ2) is 3.17. The first kappa shape index (κ1) is 9.72. The predicted molar refractivity (Wildman–Crippen MR) is 50.1 cm³/mol. The molecule has 0 aromatic rings. The lowest BCUT2D eigenvalue weighted by atomic mass is 9.80. The predicted octanol–water partition coefficient (Wildman–Crippen LogP) is 1.70. The summed E-state index contributed by atoms with van der Waals surface area (Å²) < 4.78 is 0. The molecule has 1 aliphatic rings. The van der Waals surface area contributed by atoms with Crippen LogP contribution < -0.4 is 0 Å². The minimum Gasteiger partial charge on any atom is -0.302 e. The molecule has 1 saturated heterocycles. The zero-order chi connectivity index (χ0) is 9.35. The Morgan fingerprint density at radius 1 is 1.42 bits per heavy atom. The molecule has 0 aromatic heterocycles. The van der Waals surface area contributed by atoms with Crippen molar-refractivity contribution in [3.05, 3.63) is 0 Å². The summed E-state index contributed by atoms with van der Waals surface area (Å²) in [5, 5.41) is 0. The summed E-state index contributed by atoms with van der Waals surface area (Å²) >= 11 is 0. The summed E-state index contributed by atoms with van der Waals surface area (Å²) in [6, 6.07) is 0.429. The van der Waals surface area contributed by atoms with Gasteiger partial charge in [0.05, 0.1) is 0 Å². The van der Waals surface area contributed by atoms with Crippen molar-refractivity contribution in [2.45, 2.75) is 39.7 Å². The molecular formula is C10H19NO. The van der Waals surface area contributed by atoms with E-state index in [9.17, 15) is 4.79 Å². The number of carbonyl (C=O) groups excluding carboxylic acids is 1. The Bertz CT molecular complexity index is 181. The molecule has 0 saturated carbocycles. The van der Waals surface area contributed by atoms with Gasteiger partial charge in [-0.3, -0.25) is 4.79 Å². The van der Waals surface area contributed by atoms with Crippen molar-refractivity contribution in [2.24, 2.45) is 5.41 Å². The molecule has 2 nitrogen and oxygen atoms in total. The first-order chi connectivity index (χ1) is 5.41. The van der Waals surface area contributed by atoms with E-state index in [0.717, 1.165) is 19.4 Å². The standard InChI is InChI=1S/C10H19NO/c1-10(2,3)9-7-8(12)5-6-11(9)4/h9H,5-7H2,1-4H3. The van der Waals surface area contributed by atoms with Crippen molar-refractivity contribution in [3.8, 4) is 0 Å². The molecule has 1 aliphatic heterocycles. The molecule has 0 radical (unpaired) electrons. The third-order valence-corrected chi connectivity index (χ3v) is 2.70. The van der Waals surface area contributed by atoms with Gasteiger partial charge in [-0.15, -0.1) is 0 Å². The van der Waals surface area contributed by atoms with Gasteiger partial charge in [0.15, 0.2) is 0 Å². The molecule has 1 unspecified atom stereocenters. The van der Waals surface area contributed by atoms with Crippen LogP contribution in [-0.2, 0) is 4.79 Å². The van der Waals surface area contributed by atoms with Crippen LogP contribution in [0.1, 0.15) is 33.6 Å². The molecule has 0 N–H and O–H groups in total. The van der Waals surface area contributed by atoms with Gasteiger partial charge in [-0.25, -0.2) is 0 Å². The van der Waals surface area contributed by atoms with Crippen LogP contribution in [-0.4, -0.2) is 30.3 Å². The fourth-order valence-electron chi connectivity index (χ4n) is 1.90. The van der Waals surface area contributed by atoms with E-state index in [1.165, 1.54) is 0 Å². The molecule has 2 heteroatoms. The maximum absolute atomic E-state index is 11.2. The van der Waals surface area contributed by atoms with Crippen LogP contribution in [0.25, 0.3) is 0 Å². The van der Waals surface area contributed by atoms with Gasteiger partial charge in [0.1, 0.15) is 5.78 Å². The first-order valence-electron chi connectivity index (χ1n) is 4.63. The molecule has 0 bridgehead atoms. The van der Waals surface area contributed by atoms with Crippen molar-refractivity contribution in [2.75, 3.05) is 13.6 Å². The van der Waals surface area contributed by atoms with E-state index >= 15 is 0 Å². The van der Waals surface area contributed by atoms with Gasteiger partial charge in [0.25, 0.3) is 0 Å². The summed E-state index contributed by atoms with van der Waals surface area (Å²) in [6.07, 6.45) is 1.48. The number of Topliss-reactive ketones (excluding diaryl/α,β-unsaturated/α-hetero) is 1. The largest absolute Gasteiger partial charge is 0.302 e. The number of ketones is 1. The minimum absolute atomic E-state index is 0.227. The van der Waals surface area contributed by atoms with Gasteiger partial charge in [-0.2, -0.15) is 0 Å². The van der Waals surface area contributed by atoms with E-state index in [0.29, 0.717) is 11.8 Å². The molecule has 1 atom stereocenters. The third-order valence-electron chi connectivity index (χ3n) is 2.70. The Labute approximate surface area is 74.9 Å². The van der Waals surface area contributed by atoms with Crippen LogP contribution >= 0.6 is 0 Å². The van der Waals surface area contributed by atoms with E-state index in [1.54, 1.807) is 0 Å². The van der Waals surface area contributed by atoms with Crippen molar-refractivity contribution in [1.82, 2.24) is 4.90 Å². The van der Waals surface area contributed by atoms with Gasteiger partial charge in [0.2, 0.25) is 0 Å². The molecule has 70 valence electrons. The summed E-state index contributed by atoms with van der Waals surface area (Å²) in [7, 11) is 2.11. The lowest BCUT2D eigenvalue weighted by molar-refractivity contribution is -0.124. The zero-order valence-corrected chi connectivity index (χ0v) is 8.55. The average molecular weight is 169 g/mol. The number of hydrogen-bond donors (Lipinski definition) is 0. The number of nitrogens with zero attached hydrogens (tertiary/aromatic N) is 1. The zero-order valence-electron chi connectivity index (χ0n) is 8.55. The fourth-order valence-corrected chi connectivity index (χ4v) is 1.90. The van der Waals surface area contributed by atoms with Crippen LogP contribution in [0, 0.1) is 5.41 Å². The number of hydrogen-bond acceptors (Lipinski definition) is 2. The summed E-state index contributed by atoms with van der Waals surface area (Å²) in [4.78, 5) is 13.5. The summed E-state index contributed by atoms with van der Waals surface area (Å²) in [5.41, 5.74) is 0.227. The highest BCUT2D eigenvalue weighted by Gasteiger charge is 2.33. The van der Waals surface area contributed by atoms with Crippen molar-refractivity contribution in [3.63, 3.8) is 0 Å². The summed E-state index contributed by atoms with van der Waals surface area (Å²) in [5.74, 6) is 0.424. The fraction of sp³-hybridized carbons (Fsp3) is 0.900. The van der Waals surface area contributed by atoms with Gasteiger partial charge >= 0.3 is 0 Å². The topological polar surface area (TPSA) is 20.3 Å². The van der Waals surface area contributed by atoms with Crippen molar-refractivity contribution >= 4 is 5.78 Å². The van der Waals surface area contributed by atoms with Gasteiger partial charge in [-0.05, 0) is 12.5 Å². The van der Waals surface area contributed by atoms with Crippen LogP contribution in [0.4, 0.5) is 0 Å². The molecule has 0 spiro atoms. The molecule has 12 heavy (non-hydrogen) atoms. The van der Waals surface area contributed by atoms with E-state index in [-0.39, 0.29) is 5.41 Å². The number of likely N-dealkylation sites (tertiary alicyclic amines) is 1. The smallest absolute Gasteiger partial charge is 0.135 e. The molecule has 0 amide bonds. The average Bonchev–Trinajstić information content (AvgIpc) is 1.92. The second-order valence-electron chi connectivity index (χ2n) is 4.86. The van der Waals surface area contributed by atoms with Crippen molar-refractivity contribution in [1.29, 1.82) is 0 Å². The van der Waals surface area contributed by atoms with Crippen LogP contribution in [0.15, 0.2) is 0 Å². The molecule has 1 fully saturated rings. The van der Waals surface area contributed by atoms with Crippen LogP contribution in [0.2, 0.25) is 0 Å². The SMILES string of the molecule is CN1CCC(=O)CC1C(C)(C)C. The highest BCUT2D eigenvalue weighted by Crippen LogP contribution is 2.29. The Morgan fingerprint density at radius 3 is 2.42 bits per heavy atom. The molecule has 0 aromatic carbocycles. The molecule has 0 aliphatic carbocycles. The molecule has 1 heterocycles. The Hall–Kier alpha value is -0.370. The van der Waals surface area contributed by atoms with E-state index in [1.807, 2.05) is 0 Å². The Kier molecular flexibility index (Phi) is 2.57. The maximum Gasteiger partial charge on any atom is 0.135 e. The Morgan fingerprint density at radius 2 is 2.00 bits per heavy atom. The highest BCUT2D eigenvalue weighted by molar-refractivity contribution is 5.80. The molecular weight excluding hydrogens is 150 g/mol. The monoisotopic (exact) mass is 169 g/mol. The van der Waals surface area contributed by atoms with E-state index in [2.05, 4.69) is 32.7 Å². The normalized spacial score (nSPS) is 27.7. The summed E-state index contributed by atoms with van der Waals surface area (Å²) in [6.45, 7) is 7.53. The third kappa shape index (κ3) is 2.07. The van der Waals surface area contributed by atoms with Gasteiger partial charge < -0.3 is 4.90 Å². The second-order valence-corrected chi connectivity index (χ2v) is 4.86. The lowest BCUT2D eigenvalue weighted by Crippen LogP contribution is -2.47. The number of carbonyl (C=O) groups is 1. The van der Waals surface area contributed by atoms with E-state index < -0.39 is 0 Å². The first-order valence-corrected chi connectivity index (χ1v) is 4.63. The quantitative estimate of drug-likeness (QED) is 0.550. The molecule has 1 rings (SSSR count).